The summed E-state index contributed by atoms with van der Waals surface area (Å²) in [6, 6.07) is 22.3. The Balaban J connectivity index is 0.00000102. The largest absolute Gasteiger partial charge is 0.214 e. The van der Waals surface area contributed by atoms with Gasteiger partial charge in [-0.3, -0.25) is 0 Å². The quantitative estimate of drug-likeness (QED) is 0.186. The summed E-state index contributed by atoms with van der Waals surface area (Å²) in [5, 5.41) is 5.57. The van der Waals surface area contributed by atoms with Crippen LogP contribution >= 0.6 is 0 Å². The first-order valence-electron chi connectivity index (χ1n) is 16.6. The molecule has 0 N–H and O–H groups in total. The molecule has 0 aliphatic carbocycles. The minimum atomic E-state index is 0.124. The summed E-state index contributed by atoms with van der Waals surface area (Å²) in [7, 11) is 0. The first-order chi connectivity index (χ1) is 20.2. The summed E-state index contributed by atoms with van der Waals surface area (Å²) < 4.78 is 3.34. The minimum absolute atomic E-state index is 0.124. The third-order valence-corrected chi connectivity index (χ3v) is 7.48. The van der Waals surface area contributed by atoms with Crippen molar-refractivity contribution in [3.8, 4) is 0 Å². The molecule has 0 aliphatic rings. The van der Waals surface area contributed by atoms with E-state index < -0.39 is 0 Å². The molecular weight excluding hydrogens is 608 g/mol. The van der Waals surface area contributed by atoms with Crippen LogP contribution in [0.3, 0.4) is 0 Å². The summed E-state index contributed by atoms with van der Waals surface area (Å²) in [6.07, 6.45) is 4.56. The van der Waals surface area contributed by atoms with Crippen molar-refractivity contribution in [2.45, 2.75) is 144 Å². The molecule has 0 saturated carbocycles. The van der Waals surface area contributed by atoms with Gasteiger partial charge in [0.05, 0.1) is 0 Å². The second-order valence-electron chi connectivity index (χ2n) is 15.8. The molecule has 0 saturated heterocycles. The van der Waals surface area contributed by atoms with Gasteiger partial charge in [-0.05, 0) is 21.7 Å². The summed E-state index contributed by atoms with van der Waals surface area (Å²) in [5.41, 5.74) is 6.40. The third kappa shape index (κ3) is 13.0. The fourth-order valence-electron chi connectivity index (χ4n) is 4.91. The van der Waals surface area contributed by atoms with Crippen LogP contribution in [0.4, 0.5) is 0 Å². The molecule has 0 nitrogen and oxygen atoms in total. The molecule has 0 radical (unpaired) electrons. The molecule has 0 fully saturated rings. The molecule has 4 aromatic carbocycles. The zero-order valence-electron chi connectivity index (χ0n) is 31.2. The van der Waals surface area contributed by atoms with E-state index >= 15 is 0 Å². The smallest absolute Gasteiger partial charge is 0.172 e. The van der Waals surface area contributed by atoms with Crippen molar-refractivity contribution in [2.75, 3.05) is 0 Å². The number of unbranched alkanes of at least 4 members (excludes halogenated alkanes) is 2. The molecule has 0 aliphatic heterocycles. The van der Waals surface area contributed by atoms with Gasteiger partial charge in [0.1, 0.15) is 0 Å². The summed E-state index contributed by atoms with van der Waals surface area (Å²) in [5.74, 6) is 0. The second kappa shape index (κ2) is 18.5. The summed E-state index contributed by atoms with van der Waals surface area (Å²) >= 11 is 1.30. The maximum absolute atomic E-state index is 3.60. The van der Waals surface area contributed by atoms with Crippen LogP contribution in [0.15, 0.2) is 60.7 Å². The topological polar surface area (TPSA) is 0 Å². The van der Waals surface area contributed by atoms with Gasteiger partial charge in [-0.2, -0.15) is 31.0 Å². The molecule has 0 aromatic heterocycles. The Hall–Kier alpha value is -1.59. The van der Waals surface area contributed by atoms with E-state index in [1.165, 1.54) is 80.9 Å². The van der Waals surface area contributed by atoms with Gasteiger partial charge >= 0.3 is 28.4 Å². The SMILES string of the molecule is CC(C)(C)c1cc2[cH-]c3cc(C(C)(C)C)c(C(C)(C)C)cc3c2cc1C(C)(C)C.[CH2-]CCC.[CH2-]CCC.[CH2]=[Zr].c1cc[cH-]c1. The van der Waals surface area contributed by atoms with E-state index in [9.17, 15) is 0 Å². The summed E-state index contributed by atoms with van der Waals surface area (Å²) in [4.78, 5) is 0. The number of hydrogen-bond donors (Lipinski definition) is 0. The molecule has 246 valence electrons. The normalized spacial score (nSPS) is 11.7. The first-order valence-corrected chi connectivity index (χ1v) is 18.3. The first kappa shape index (κ1) is 42.4. The average molecular weight is 674 g/mol. The maximum Gasteiger partial charge on any atom is -0.172 e. The molecule has 0 unspecified atom stereocenters. The van der Waals surface area contributed by atoms with E-state index in [1.54, 1.807) is 0 Å². The number of fused-ring (bicyclic) bond motifs is 3. The van der Waals surface area contributed by atoms with Gasteiger partial charge in [0.15, 0.2) is 0 Å². The fourth-order valence-corrected chi connectivity index (χ4v) is 4.91. The molecular formula is C43H66Zr-4. The van der Waals surface area contributed by atoms with E-state index in [1.807, 2.05) is 30.3 Å². The molecule has 0 bridgehead atoms. The predicted molar refractivity (Wildman–Crippen MR) is 202 cm³/mol. The second-order valence-corrected chi connectivity index (χ2v) is 15.8. The molecule has 0 heterocycles. The van der Waals surface area contributed by atoms with Crippen molar-refractivity contribution < 1.29 is 24.2 Å². The number of hydrogen-bond acceptors (Lipinski definition) is 0. The Bertz CT molecular complexity index is 1220. The van der Waals surface area contributed by atoms with Crippen LogP contribution < -0.4 is 0 Å². The minimum Gasteiger partial charge on any atom is -0.214 e. The Labute approximate surface area is 289 Å². The molecule has 1 heteroatoms. The monoisotopic (exact) mass is 672 g/mol. The van der Waals surface area contributed by atoms with Gasteiger partial charge in [-0.1, -0.05) is 144 Å². The van der Waals surface area contributed by atoms with Gasteiger partial charge in [-0.25, -0.2) is 12.1 Å². The van der Waals surface area contributed by atoms with Crippen molar-refractivity contribution in [3.63, 3.8) is 0 Å². The molecule has 0 atom stereocenters. The zero-order valence-corrected chi connectivity index (χ0v) is 33.7. The van der Waals surface area contributed by atoms with Gasteiger partial charge in [0.2, 0.25) is 0 Å². The molecule has 0 amide bonds. The Kier molecular flexibility index (Phi) is 17.9. The molecule has 4 aromatic rings. The van der Waals surface area contributed by atoms with Gasteiger partial charge in [-0.15, -0.1) is 39.7 Å². The van der Waals surface area contributed by atoms with Crippen molar-refractivity contribution in [2.24, 2.45) is 0 Å². The third-order valence-electron chi connectivity index (χ3n) is 7.48. The Morgan fingerprint density at radius 3 is 0.977 bits per heavy atom. The van der Waals surface area contributed by atoms with E-state index in [-0.39, 0.29) is 21.7 Å². The van der Waals surface area contributed by atoms with Crippen LogP contribution in [0.1, 0.15) is 145 Å². The molecule has 44 heavy (non-hydrogen) atoms. The van der Waals surface area contributed by atoms with Crippen molar-refractivity contribution in [1.29, 1.82) is 0 Å². The Morgan fingerprint density at radius 2 is 0.795 bits per heavy atom. The van der Waals surface area contributed by atoms with Crippen LogP contribution in [0, 0.1) is 13.8 Å². The van der Waals surface area contributed by atoms with Crippen LogP contribution in [-0.4, -0.2) is 4.21 Å². The molecule has 4 rings (SSSR count). The Morgan fingerprint density at radius 1 is 0.545 bits per heavy atom. The van der Waals surface area contributed by atoms with Crippen LogP contribution in [-0.2, 0) is 45.9 Å². The van der Waals surface area contributed by atoms with Crippen molar-refractivity contribution in [3.05, 3.63) is 96.8 Å². The predicted octanol–water partition coefficient (Wildman–Crippen LogP) is 13.5. The summed E-state index contributed by atoms with van der Waals surface area (Å²) in [6.45, 7) is 39.5. The van der Waals surface area contributed by atoms with Crippen molar-refractivity contribution in [1.82, 2.24) is 0 Å². The maximum atomic E-state index is 3.60. The number of rotatable bonds is 2. The van der Waals surface area contributed by atoms with Gasteiger partial charge < -0.3 is 13.8 Å². The average Bonchev–Trinajstić information content (AvgIpc) is 3.62. The fraction of sp³-hybridized carbons (Fsp3) is 0.512. The zero-order chi connectivity index (χ0) is 34.5. The van der Waals surface area contributed by atoms with Gasteiger partial charge in [0, 0.05) is 0 Å². The van der Waals surface area contributed by atoms with E-state index in [0.717, 1.165) is 12.8 Å². The van der Waals surface area contributed by atoms with Crippen LogP contribution in [0.2, 0.25) is 0 Å². The van der Waals surface area contributed by atoms with Crippen LogP contribution in [0.5, 0.6) is 0 Å². The standard InChI is InChI=1S/C29H41.C5H5.2C4H9.CH2.Zr/c1-26(2,3)22-14-18-13-19-15-23(27(4,5)6)25(29(10,11)12)17-21(19)20(18)16-24(22)28(7,8)9;1-2-4-5-3-1;2*1-3-4-2;;/h13-17H,1-12H3;1-5H;2*1,3-4H2,2H3;1H2;/q4*-1;;. The van der Waals surface area contributed by atoms with Crippen LogP contribution in [0.25, 0.3) is 21.5 Å². The van der Waals surface area contributed by atoms with Crippen molar-refractivity contribution >= 4 is 25.8 Å². The van der Waals surface area contributed by atoms with E-state index in [4.69, 9.17) is 0 Å². The van der Waals surface area contributed by atoms with E-state index in [0.29, 0.717) is 0 Å². The van der Waals surface area contributed by atoms with E-state index in [2.05, 4.69) is 145 Å². The van der Waals surface area contributed by atoms with Gasteiger partial charge in [0.25, 0.3) is 0 Å². The molecule has 0 spiro atoms. The number of benzene rings is 2.